The second-order valence-electron chi connectivity index (χ2n) is 7.70. The molecule has 0 radical (unpaired) electrons. The van der Waals surface area contributed by atoms with Crippen molar-refractivity contribution >= 4 is 27.5 Å². The standard InChI is InChI=1S/C22H24ClN5O4S/c1-15-24-21(26-28(15)18-5-3-16(23)4-6-18)22(29)25-17-11-13-27(14-12-17)33(30,31)20-9-7-19(32-2)8-10-20/h3-10,17H,11-14H2,1-2H3,(H,25,29). The molecular weight excluding hydrogens is 466 g/mol. The average Bonchev–Trinajstić information content (AvgIpc) is 3.21. The number of aryl methyl sites for hydroxylation is 1. The van der Waals surface area contributed by atoms with E-state index in [9.17, 15) is 13.2 Å². The van der Waals surface area contributed by atoms with E-state index in [0.717, 1.165) is 5.69 Å². The summed E-state index contributed by atoms with van der Waals surface area (Å²) in [5, 5.41) is 7.85. The van der Waals surface area contributed by atoms with Gasteiger partial charge in [-0.3, -0.25) is 4.79 Å². The van der Waals surface area contributed by atoms with Crippen molar-refractivity contribution in [2.45, 2.75) is 30.7 Å². The van der Waals surface area contributed by atoms with Crippen molar-refractivity contribution in [2.75, 3.05) is 20.2 Å². The summed E-state index contributed by atoms with van der Waals surface area (Å²) in [6, 6.07) is 13.2. The van der Waals surface area contributed by atoms with Crippen LogP contribution in [-0.2, 0) is 10.0 Å². The molecule has 2 heterocycles. The minimum atomic E-state index is -3.60. The minimum absolute atomic E-state index is 0.0655. The fourth-order valence-electron chi connectivity index (χ4n) is 3.70. The smallest absolute Gasteiger partial charge is 0.291 e. The predicted molar refractivity (Wildman–Crippen MR) is 123 cm³/mol. The molecule has 1 aromatic heterocycles. The molecule has 0 aliphatic carbocycles. The Bertz CT molecular complexity index is 1230. The summed E-state index contributed by atoms with van der Waals surface area (Å²) in [7, 11) is -2.07. The zero-order chi connectivity index (χ0) is 23.6. The molecule has 1 fully saturated rings. The Labute approximate surface area is 197 Å². The van der Waals surface area contributed by atoms with E-state index >= 15 is 0 Å². The molecule has 9 nitrogen and oxygen atoms in total. The van der Waals surface area contributed by atoms with E-state index in [4.69, 9.17) is 16.3 Å². The predicted octanol–water partition coefficient (Wildman–Crippen LogP) is 2.82. The molecule has 1 saturated heterocycles. The lowest BCUT2D eigenvalue weighted by Crippen LogP contribution is -2.46. The highest BCUT2D eigenvalue weighted by Gasteiger charge is 2.30. The maximum Gasteiger partial charge on any atom is 0.291 e. The maximum atomic E-state index is 12.9. The molecule has 0 atom stereocenters. The molecule has 0 spiro atoms. The number of hydrogen-bond donors (Lipinski definition) is 1. The minimum Gasteiger partial charge on any atom is -0.497 e. The largest absolute Gasteiger partial charge is 0.497 e. The van der Waals surface area contributed by atoms with Crippen molar-refractivity contribution in [2.24, 2.45) is 0 Å². The Hall–Kier alpha value is -2.95. The molecule has 1 N–H and O–H groups in total. The molecule has 4 rings (SSSR count). The number of nitrogens with one attached hydrogen (secondary N) is 1. The molecular formula is C22H24ClN5O4S. The fraction of sp³-hybridized carbons (Fsp3) is 0.318. The van der Waals surface area contributed by atoms with Crippen LogP contribution in [-0.4, -0.2) is 59.6 Å². The lowest BCUT2D eigenvalue weighted by atomic mass is 10.1. The second-order valence-corrected chi connectivity index (χ2v) is 10.1. The van der Waals surface area contributed by atoms with Gasteiger partial charge in [0, 0.05) is 24.2 Å². The molecule has 1 amide bonds. The van der Waals surface area contributed by atoms with E-state index in [2.05, 4.69) is 15.4 Å². The number of aromatic nitrogens is 3. The fourth-order valence-corrected chi connectivity index (χ4v) is 5.30. The number of piperidine rings is 1. The SMILES string of the molecule is COc1ccc(S(=O)(=O)N2CCC(NC(=O)c3nc(C)n(-c4ccc(Cl)cc4)n3)CC2)cc1. The summed E-state index contributed by atoms with van der Waals surface area (Å²) < 4.78 is 33.9. The second kappa shape index (κ2) is 9.50. The first kappa shape index (κ1) is 23.2. The highest BCUT2D eigenvalue weighted by molar-refractivity contribution is 7.89. The van der Waals surface area contributed by atoms with Crippen molar-refractivity contribution in [1.29, 1.82) is 0 Å². The van der Waals surface area contributed by atoms with Crippen LogP contribution < -0.4 is 10.1 Å². The Kier molecular flexibility index (Phi) is 6.68. The topological polar surface area (TPSA) is 106 Å². The van der Waals surface area contributed by atoms with Gasteiger partial charge in [-0.1, -0.05) is 11.6 Å². The van der Waals surface area contributed by atoms with Gasteiger partial charge in [0.05, 0.1) is 17.7 Å². The molecule has 2 aromatic carbocycles. The summed E-state index contributed by atoms with van der Waals surface area (Å²) in [5.41, 5.74) is 0.750. The van der Waals surface area contributed by atoms with E-state index in [0.29, 0.717) is 42.5 Å². The molecule has 33 heavy (non-hydrogen) atoms. The lowest BCUT2D eigenvalue weighted by Gasteiger charge is -2.31. The van der Waals surface area contributed by atoms with Gasteiger partial charge in [-0.15, -0.1) is 5.10 Å². The highest BCUT2D eigenvalue weighted by Crippen LogP contribution is 2.23. The summed E-state index contributed by atoms with van der Waals surface area (Å²) in [6.07, 6.45) is 0.996. The molecule has 0 bridgehead atoms. The number of benzene rings is 2. The number of carbonyl (C=O) groups is 1. The van der Waals surface area contributed by atoms with Crippen molar-refractivity contribution in [3.63, 3.8) is 0 Å². The quantitative estimate of drug-likeness (QED) is 0.570. The van der Waals surface area contributed by atoms with Crippen LogP contribution in [0, 0.1) is 6.92 Å². The van der Waals surface area contributed by atoms with Crippen LogP contribution in [0.25, 0.3) is 5.69 Å². The van der Waals surface area contributed by atoms with Crippen LogP contribution in [0.3, 0.4) is 0 Å². The summed E-state index contributed by atoms with van der Waals surface area (Å²) >= 11 is 5.93. The molecule has 11 heteroatoms. The van der Waals surface area contributed by atoms with Gasteiger partial charge < -0.3 is 10.1 Å². The first-order valence-electron chi connectivity index (χ1n) is 10.4. The average molecular weight is 490 g/mol. The third kappa shape index (κ3) is 5.02. The number of carbonyl (C=O) groups excluding carboxylic acids is 1. The molecule has 0 unspecified atom stereocenters. The van der Waals surface area contributed by atoms with E-state index < -0.39 is 10.0 Å². The Morgan fingerprint density at radius 2 is 1.73 bits per heavy atom. The van der Waals surface area contributed by atoms with E-state index in [1.807, 2.05) is 0 Å². The first-order chi connectivity index (χ1) is 15.8. The van der Waals surface area contributed by atoms with Gasteiger partial charge in [-0.2, -0.15) is 4.31 Å². The third-order valence-corrected chi connectivity index (χ3v) is 7.69. The number of halogens is 1. The van der Waals surface area contributed by atoms with Gasteiger partial charge in [0.1, 0.15) is 11.6 Å². The van der Waals surface area contributed by atoms with Gasteiger partial charge in [0.2, 0.25) is 15.8 Å². The van der Waals surface area contributed by atoms with Crippen molar-refractivity contribution in [3.8, 4) is 11.4 Å². The van der Waals surface area contributed by atoms with Crippen LogP contribution in [0.15, 0.2) is 53.4 Å². The van der Waals surface area contributed by atoms with Crippen LogP contribution in [0.2, 0.25) is 5.02 Å². The number of methoxy groups -OCH3 is 1. The van der Waals surface area contributed by atoms with Crippen molar-refractivity contribution < 1.29 is 17.9 Å². The van der Waals surface area contributed by atoms with Gasteiger partial charge >= 0.3 is 0 Å². The molecule has 1 aliphatic rings. The Morgan fingerprint density at radius 3 is 2.33 bits per heavy atom. The summed E-state index contributed by atoms with van der Waals surface area (Å²) in [6.45, 7) is 2.39. The summed E-state index contributed by atoms with van der Waals surface area (Å²) in [5.74, 6) is 0.846. The molecule has 174 valence electrons. The molecule has 1 aliphatic heterocycles. The van der Waals surface area contributed by atoms with Crippen LogP contribution in [0.1, 0.15) is 29.3 Å². The van der Waals surface area contributed by atoms with Crippen LogP contribution in [0.4, 0.5) is 0 Å². The first-order valence-corrected chi connectivity index (χ1v) is 12.2. The number of amides is 1. The summed E-state index contributed by atoms with van der Waals surface area (Å²) in [4.78, 5) is 17.2. The number of sulfonamides is 1. The van der Waals surface area contributed by atoms with Crippen LogP contribution in [0.5, 0.6) is 5.75 Å². The van der Waals surface area contributed by atoms with E-state index in [-0.39, 0.29) is 22.7 Å². The van der Waals surface area contributed by atoms with Crippen molar-refractivity contribution in [3.05, 3.63) is 65.2 Å². The van der Waals surface area contributed by atoms with Crippen LogP contribution >= 0.6 is 11.6 Å². The molecule has 3 aromatic rings. The zero-order valence-electron chi connectivity index (χ0n) is 18.2. The number of hydrogen-bond acceptors (Lipinski definition) is 6. The van der Waals surface area contributed by atoms with E-state index in [1.165, 1.54) is 23.5 Å². The van der Waals surface area contributed by atoms with Crippen molar-refractivity contribution in [1.82, 2.24) is 24.4 Å². The number of nitrogens with zero attached hydrogens (tertiary/aromatic N) is 4. The van der Waals surface area contributed by atoms with Gasteiger partial charge in [0.15, 0.2) is 0 Å². The zero-order valence-corrected chi connectivity index (χ0v) is 19.8. The highest BCUT2D eigenvalue weighted by atomic mass is 35.5. The number of ether oxygens (including phenoxy) is 1. The maximum absolute atomic E-state index is 12.9. The number of rotatable bonds is 6. The monoisotopic (exact) mass is 489 g/mol. The Morgan fingerprint density at radius 1 is 1.09 bits per heavy atom. The van der Waals surface area contributed by atoms with Gasteiger partial charge in [-0.05, 0) is 68.3 Å². The normalized spacial score (nSPS) is 15.4. The van der Waals surface area contributed by atoms with Gasteiger partial charge in [0.25, 0.3) is 5.91 Å². The van der Waals surface area contributed by atoms with Gasteiger partial charge in [-0.25, -0.2) is 18.1 Å². The Balaban J connectivity index is 1.37. The molecule has 0 saturated carbocycles. The lowest BCUT2D eigenvalue weighted by molar-refractivity contribution is 0.0913. The van der Waals surface area contributed by atoms with E-state index in [1.54, 1.807) is 48.0 Å². The third-order valence-electron chi connectivity index (χ3n) is 5.53.